The minimum atomic E-state index is -0.680. The second-order valence-electron chi connectivity index (χ2n) is 8.21. The molecule has 1 saturated carbocycles. The molecule has 28 heavy (non-hydrogen) atoms. The Morgan fingerprint density at radius 1 is 1.07 bits per heavy atom. The van der Waals surface area contributed by atoms with E-state index >= 15 is 0 Å². The number of rotatable bonds is 5. The quantitative estimate of drug-likeness (QED) is 0.673. The number of benzene rings is 1. The van der Waals surface area contributed by atoms with Gasteiger partial charge in [-0.25, -0.2) is 4.79 Å². The molecule has 1 saturated heterocycles. The summed E-state index contributed by atoms with van der Waals surface area (Å²) in [6.07, 6.45) is 6.79. The maximum absolute atomic E-state index is 13.3. The van der Waals surface area contributed by atoms with E-state index in [1.807, 2.05) is 24.0 Å². The minimum absolute atomic E-state index is 0.0503. The Kier molecular flexibility index (Phi) is 6.97. The predicted octanol–water partition coefficient (Wildman–Crippen LogP) is 4.92. The SMILES string of the molecule is CCOC(=O)OC1CCC(C2CCCCC2)N1C(=O)Cc1ccc(C)cc1C. The minimum Gasteiger partial charge on any atom is -0.435 e. The summed E-state index contributed by atoms with van der Waals surface area (Å²) in [7, 11) is 0. The van der Waals surface area contributed by atoms with Crippen molar-refractivity contribution in [2.45, 2.75) is 84.4 Å². The van der Waals surface area contributed by atoms with Crippen LogP contribution in [-0.4, -0.2) is 35.8 Å². The second-order valence-corrected chi connectivity index (χ2v) is 8.21. The molecule has 1 aromatic rings. The molecule has 1 aromatic carbocycles. The summed E-state index contributed by atoms with van der Waals surface area (Å²) in [4.78, 5) is 27.1. The van der Waals surface area contributed by atoms with E-state index in [1.54, 1.807) is 6.92 Å². The summed E-state index contributed by atoms with van der Waals surface area (Å²) >= 11 is 0. The lowest BCUT2D eigenvalue weighted by Gasteiger charge is -2.36. The predicted molar refractivity (Wildman–Crippen MR) is 108 cm³/mol. The number of nitrogens with zero attached hydrogens (tertiary/aromatic N) is 1. The molecule has 2 atom stereocenters. The lowest BCUT2D eigenvalue weighted by atomic mass is 9.83. The molecule has 0 spiro atoms. The molecular weight excluding hydrogens is 354 g/mol. The highest BCUT2D eigenvalue weighted by Crippen LogP contribution is 2.37. The van der Waals surface area contributed by atoms with Crippen LogP contribution in [0.3, 0.4) is 0 Å². The molecule has 1 heterocycles. The molecule has 5 nitrogen and oxygen atoms in total. The van der Waals surface area contributed by atoms with Crippen molar-refractivity contribution in [2.75, 3.05) is 6.61 Å². The Morgan fingerprint density at radius 3 is 2.50 bits per heavy atom. The third kappa shape index (κ3) is 4.86. The first-order valence-corrected chi connectivity index (χ1v) is 10.7. The fourth-order valence-electron chi connectivity index (χ4n) is 4.81. The van der Waals surface area contributed by atoms with Gasteiger partial charge in [0.25, 0.3) is 0 Å². The van der Waals surface area contributed by atoms with Crippen molar-refractivity contribution in [3.63, 3.8) is 0 Å². The molecular formula is C23H33NO4. The van der Waals surface area contributed by atoms with Crippen LogP contribution in [0.5, 0.6) is 0 Å². The van der Waals surface area contributed by atoms with E-state index in [0.29, 0.717) is 18.8 Å². The summed E-state index contributed by atoms with van der Waals surface area (Å²) in [6.45, 7) is 6.13. The van der Waals surface area contributed by atoms with E-state index < -0.39 is 12.4 Å². The van der Waals surface area contributed by atoms with Crippen molar-refractivity contribution in [3.05, 3.63) is 34.9 Å². The van der Waals surface area contributed by atoms with Crippen LogP contribution in [0, 0.1) is 19.8 Å². The summed E-state index contributed by atoms with van der Waals surface area (Å²) in [6, 6.07) is 6.36. The summed E-state index contributed by atoms with van der Waals surface area (Å²) in [5.74, 6) is 0.557. The summed E-state index contributed by atoms with van der Waals surface area (Å²) in [5, 5.41) is 0. The molecule has 1 aliphatic heterocycles. The molecule has 2 fully saturated rings. The van der Waals surface area contributed by atoms with Gasteiger partial charge < -0.3 is 14.4 Å². The summed E-state index contributed by atoms with van der Waals surface area (Å²) in [5.41, 5.74) is 3.36. The zero-order valence-corrected chi connectivity index (χ0v) is 17.4. The van der Waals surface area contributed by atoms with Gasteiger partial charge in [-0.2, -0.15) is 0 Å². The first-order chi connectivity index (χ1) is 13.5. The van der Waals surface area contributed by atoms with Gasteiger partial charge in [-0.05, 0) is 57.1 Å². The fraction of sp³-hybridized carbons (Fsp3) is 0.652. The Morgan fingerprint density at radius 2 is 1.82 bits per heavy atom. The lowest BCUT2D eigenvalue weighted by molar-refractivity contribution is -0.143. The lowest BCUT2D eigenvalue weighted by Crippen LogP contribution is -2.47. The molecule has 0 aromatic heterocycles. The van der Waals surface area contributed by atoms with Gasteiger partial charge >= 0.3 is 6.16 Å². The Hall–Kier alpha value is -2.04. The van der Waals surface area contributed by atoms with E-state index in [-0.39, 0.29) is 18.6 Å². The third-order valence-electron chi connectivity index (χ3n) is 6.19. The van der Waals surface area contributed by atoms with Crippen LogP contribution in [0.4, 0.5) is 4.79 Å². The number of hydrogen-bond acceptors (Lipinski definition) is 4. The van der Waals surface area contributed by atoms with Gasteiger partial charge in [0.1, 0.15) is 0 Å². The van der Waals surface area contributed by atoms with Gasteiger partial charge in [-0.15, -0.1) is 0 Å². The van der Waals surface area contributed by atoms with Crippen molar-refractivity contribution in [1.29, 1.82) is 0 Å². The molecule has 2 unspecified atom stereocenters. The molecule has 154 valence electrons. The van der Waals surface area contributed by atoms with Crippen molar-refractivity contribution in [1.82, 2.24) is 4.90 Å². The molecule has 2 aliphatic rings. The Bertz CT molecular complexity index is 696. The van der Waals surface area contributed by atoms with Gasteiger partial charge in [0.05, 0.1) is 13.0 Å². The Balaban J connectivity index is 1.78. The fourth-order valence-corrected chi connectivity index (χ4v) is 4.81. The molecule has 3 rings (SSSR count). The largest absolute Gasteiger partial charge is 0.510 e. The topological polar surface area (TPSA) is 55.8 Å². The number of carbonyl (C=O) groups excluding carboxylic acids is 2. The maximum atomic E-state index is 13.3. The van der Waals surface area contributed by atoms with Gasteiger partial charge in [-0.1, -0.05) is 43.0 Å². The maximum Gasteiger partial charge on any atom is 0.510 e. The van der Waals surface area contributed by atoms with Crippen LogP contribution in [-0.2, 0) is 20.7 Å². The van der Waals surface area contributed by atoms with Crippen LogP contribution in [0.25, 0.3) is 0 Å². The van der Waals surface area contributed by atoms with E-state index in [0.717, 1.165) is 30.4 Å². The van der Waals surface area contributed by atoms with Crippen LogP contribution in [0.15, 0.2) is 18.2 Å². The third-order valence-corrected chi connectivity index (χ3v) is 6.19. The highest BCUT2D eigenvalue weighted by Gasteiger charge is 2.43. The standard InChI is InChI=1S/C23H33NO4/c1-4-27-23(26)28-22-13-12-20(18-8-6-5-7-9-18)24(22)21(25)15-19-11-10-16(2)14-17(19)3/h10-11,14,18,20,22H,4-9,12-13,15H2,1-3H3. The first-order valence-electron chi connectivity index (χ1n) is 10.7. The van der Waals surface area contributed by atoms with E-state index in [4.69, 9.17) is 9.47 Å². The number of likely N-dealkylation sites (tertiary alicyclic amines) is 1. The molecule has 0 radical (unpaired) electrons. The molecule has 1 amide bonds. The molecule has 1 aliphatic carbocycles. The highest BCUT2D eigenvalue weighted by atomic mass is 16.7. The van der Waals surface area contributed by atoms with Gasteiger partial charge in [-0.3, -0.25) is 4.79 Å². The van der Waals surface area contributed by atoms with Crippen molar-refractivity contribution in [2.24, 2.45) is 5.92 Å². The van der Waals surface area contributed by atoms with Crippen LogP contribution in [0.2, 0.25) is 0 Å². The molecule has 0 bridgehead atoms. The number of carbonyl (C=O) groups is 2. The average Bonchev–Trinajstić information content (AvgIpc) is 3.08. The van der Waals surface area contributed by atoms with Gasteiger partial charge in [0, 0.05) is 12.5 Å². The van der Waals surface area contributed by atoms with Gasteiger partial charge in [0.15, 0.2) is 6.23 Å². The molecule has 0 N–H and O–H groups in total. The van der Waals surface area contributed by atoms with Crippen molar-refractivity contribution in [3.8, 4) is 0 Å². The monoisotopic (exact) mass is 387 g/mol. The van der Waals surface area contributed by atoms with E-state index in [9.17, 15) is 9.59 Å². The highest BCUT2D eigenvalue weighted by molar-refractivity contribution is 5.80. The second kappa shape index (κ2) is 9.44. The first kappa shape index (κ1) is 20.7. The van der Waals surface area contributed by atoms with E-state index in [2.05, 4.69) is 13.0 Å². The van der Waals surface area contributed by atoms with E-state index in [1.165, 1.54) is 24.8 Å². The smallest absolute Gasteiger partial charge is 0.435 e. The van der Waals surface area contributed by atoms with Gasteiger partial charge in [0.2, 0.25) is 5.91 Å². The number of hydrogen-bond donors (Lipinski definition) is 0. The normalized spacial score (nSPS) is 22.9. The average molecular weight is 388 g/mol. The van der Waals surface area contributed by atoms with Crippen molar-refractivity contribution < 1.29 is 19.1 Å². The van der Waals surface area contributed by atoms with Crippen LogP contribution < -0.4 is 0 Å². The molecule has 5 heteroatoms. The number of ether oxygens (including phenoxy) is 2. The van der Waals surface area contributed by atoms with Crippen LogP contribution >= 0.6 is 0 Å². The van der Waals surface area contributed by atoms with Crippen molar-refractivity contribution >= 4 is 12.1 Å². The Labute approximate surface area is 168 Å². The zero-order valence-electron chi connectivity index (χ0n) is 17.4. The number of aryl methyl sites for hydroxylation is 2. The van der Waals surface area contributed by atoms with Crippen LogP contribution in [0.1, 0.15) is 68.6 Å². The zero-order chi connectivity index (χ0) is 20.1. The number of amides is 1. The summed E-state index contributed by atoms with van der Waals surface area (Å²) < 4.78 is 10.5.